The second kappa shape index (κ2) is 9.50. The molecule has 2 aromatic carbocycles. The van der Waals surface area contributed by atoms with Crippen LogP contribution in [0, 0.1) is 23.0 Å². The van der Waals surface area contributed by atoms with Crippen molar-refractivity contribution in [3.8, 4) is 6.07 Å². The number of anilines is 1. The van der Waals surface area contributed by atoms with Gasteiger partial charge in [0.15, 0.2) is 11.6 Å². The molecule has 3 saturated heterocycles. The van der Waals surface area contributed by atoms with Gasteiger partial charge in [0.25, 0.3) is 0 Å². The maximum Gasteiger partial charge on any atom is 0.418 e. The van der Waals surface area contributed by atoms with Crippen LogP contribution in [-0.4, -0.2) is 66.8 Å². The third kappa shape index (κ3) is 4.51. The molecule has 182 valence electrons. The minimum absolute atomic E-state index is 0.110. The number of hydrogen-bond acceptors (Lipinski definition) is 6. The van der Waals surface area contributed by atoms with Gasteiger partial charge in [0, 0.05) is 32.2 Å². The van der Waals surface area contributed by atoms with Crippen molar-refractivity contribution in [3.63, 3.8) is 0 Å². The predicted molar refractivity (Wildman–Crippen MR) is 123 cm³/mol. The lowest BCUT2D eigenvalue weighted by Crippen LogP contribution is -2.64. The summed E-state index contributed by atoms with van der Waals surface area (Å²) in [6.45, 7) is 2.94. The number of nitriles is 1. The number of nitrogens with zero attached hydrogens (tertiary/aromatic N) is 4. The molecule has 1 N–H and O–H groups in total. The van der Waals surface area contributed by atoms with Crippen molar-refractivity contribution < 1.29 is 23.1 Å². The number of carbonyl (C=O) groups excluding carboxylic acids is 2. The van der Waals surface area contributed by atoms with Gasteiger partial charge in [-0.25, -0.2) is 23.3 Å². The SMILES string of the molecule is N#Cc1ccccc1N1CCC(N2CC(NC(=O)N3C(=O)OCC3c3ccc(F)c(F)c3)C2)CC1. The van der Waals surface area contributed by atoms with Crippen molar-refractivity contribution >= 4 is 17.8 Å². The van der Waals surface area contributed by atoms with Crippen LogP contribution in [0.4, 0.5) is 24.1 Å². The van der Waals surface area contributed by atoms with Crippen LogP contribution in [0.5, 0.6) is 0 Å². The van der Waals surface area contributed by atoms with Crippen LogP contribution in [0.3, 0.4) is 0 Å². The number of amides is 3. The minimum atomic E-state index is -1.04. The van der Waals surface area contributed by atoms with Crippen LogP contribution in [0.25, 0.3) is 0 Å². The van der Waals surface area contributed by atoms with E-state index in [0.717, 1.165) is 48.7 Å². The average Bonchev–Trinajstić information content (AvgIpc) is 3.24. The Morgan fingerprint density at radius 2 is 1.83 bits per heavy atom. The summed E-state index contributed by atoms with van der Waals surface area (Å²) in [4.78, 5) is 30.5. The lowest BCUT2D eigenvalue weighted by Gasteiger charge is -2.47. The van der Waals surface area contributed by atoms with E-state index in [2.05, 4.69) is 21.2 Å². The quantitative estimate of drug-likeness (QED) is 0.720. The van der Waals surface area contributed by atoms with Gasteiger partial charge in [0.2, 0.25) is 0 Å². The molecule has 8 nitrogen and oxygen atoms in total. The number of piperidine rings is 1. The Bertz CT molecular complexity index is 1170. The van der Waals surface area contributed by atoms with E-state index in [-0.39, 0.29) is 12.6 Å². The van der Waals surface area contributed by atoms with Gasteiger partial charge in [-0.05, 0) is 42.7 Å². The summed E-state index contributed by atoms with van der Waals surface area (Å²) in [5.41, 5.74) is 1.94. The van der Waals surface area contributed by atoms with Crippen molar-refractivity contribution in [1.29, 1.82) is 5.26 Å². The standard InChI is InChI=1S/C25H25F2N5O3/c26-20-6-5-16(11-21(20)27)23-15-35-25(34)32(23)24(33)29-18-13-31(14-18)19-7-9-30(10-8-19)22-4-2-1-3-17(22)12-28/h1-6,11,18-19,23H,7-10,13-15H2,(H,29,33). The molecule has 3 heterocycles. The van der Waals surface area contributed by atoms with E-state index in [4.69, 9.17) is 4.74 Å². The molecule has 2 aromatic rings. The molecular formula is C25H25F2N5O3. The highest BCUT2D eigenvalue weighted by atomic mass is 19.2. The number of ether oxygens (including phenoxy) is 1. The summed E-state index contributed by atoms with van der Waals surface area (Å²) in [6.07, 6.45) is 1.10. The molecule has 10 heteroatoms. The van der Waals surface area contributed by atoms with E-state index in [1.807, 2.05) is 24.3 Å². The molecule has 0 aliphatic carbocycles. The zero-order chi connectivity index (χ0) is 24.5. The molecular weight excluding hydrogens is 456 g/mol. The van der Waals surface area contributed by atoms with E-state index < -0.39 is 29.8 Å². The molecule has 35 heavy (non-hydrogen) atoms. The Labute approximate surface area is 201 Å². The van der Waals surface area contributed by atoms with Gasteiger partial charge in [-0.15, -0.1) is 0 Å². The largest absolute Gasteiger partial charge is 0.446 e. The van der Waals surface area contributed by atoms with Crippen molar-refractivity contribution in [1.82, 2.24) is 15.1 Å². The number of halogens is 2. The van der Waals surface area contributed by atoms with Crippen LogP contribution in [0.1, 0.15) is 30.0 Å². The van der Waals surface area contributed by atoms with Gasteiger partial charge in [0.1, 0.15) is 18.7 Å². The van der Waals surface area contributed by atoms with Crippen LogP contribution in [0.2, 0.25) is 0 Å². The monoisotopic (exact) mass is 481 g/mol. The molecule has 0 saturated carbocycles. The molecule has 3 aliphatic rings. The van der Waals surface area contributed by atoms with Crippen molar-refractivity contribution in [2.45, 2.75) is 31.0 Å². The number of likely N-dealkylation sites (tertiary alicyclic amines) is 1. The summed E-state index contributed by atoms with van der Waals surface area (Å²) in [7, 11) is 0. The van der Waals surface area contributed by atoms with Crippen molar-refractivity contribution in [3.05, 3.63) is 65.2 Å². The van der Waals surface area contributed by atoms with Crippen LogP contribution in [-0.2, 0) is 4.74 Å². The van der Waals surface area contributed by atoms with Gasteiger partial charge >= 0.3 is 12.1 Å². The Hall–Kier alpha value is -3.71. The fourth-order valence-corrected chi connectivity index (χ4v) is 5.07. The lowest BCUT2D eigenvalue weighted by atomic mass is 9.96. The Kier molecular flexibility index (Phi) is 6.26. The molecule has 0 aromatic heterocycles. The van der Waals surface area contributed by atoms with E-state index in [9.17, 15) is 23.6 Å². The second-order valence-electron chi connectivity index (χ2n) is 9.08. The number of rotatable bonds is 4. The van der Waals surface area contributed by atoms with E-state index >= 15 is 0 Å². The summed E-state index contributed by atoms with van der Waals surface area (Å²) in [5.74, 6) is -2.04. The molecule has 0 spiro atoms. The number of cyclic esters (lactones) is 1. The van der Waals surface area contributed by atoms with Gasteiger partial charge in [-0.3, -0.25) is 4.90 Å². The van der Waals surface area contributed by atoms with Gasteiger partial charge in [0.05, 0.1) is 17.3 Å². The smallest absolute Gasteiger partial charge is 0.418 e. The molecule has 3 amide bonds. The second-order valence-corrected chi connectivity index (χ2v) is 9.08. The van der Waals surface area contributed by atoms with Crippen LogP contribution in [0.15, 0.2) is 42.5 Å². The number of imide groups is 1. The molecule has 1 atom stereocenters. The van der Waals surface area contributed by atoms with Gasteiger partial charge in [-0.1, -0.05) is 18.2 Å². The fourth-order valence-electron chi connectivity index (χ4n) is 5.07. The van der Waals surface area contributed by atoms with E-state index in [0.29, 0.717) is 30.3 Å². The summed E-state index contributed by atoms with van der Waals surface area (Å²) in [6, 6.07) is 12.0. The van der Waals surface area contributed by atoms with Crippen LogP contribution >= 0.6 is 0 Å². The number of hydrogen-bond donors (Lipinski definition) is 1. The van der Waals surface area contributed by atoms with E-state index in [1.165, 1.54) is 6.07 Å². The molecule has 1 unspecified atom stereocenters. The van der Waals surface area contributed by atoms with Crippen LogP contribution < -0.4 is 10.2 Å². The van der Waals surface area contributed by atoms with Gasteiger partial charge in [-0.2, -0.15) is 5.26 Å². The minimum Gasteiger partial charge on any atom is -0.446 e. The number of urea groups is 1. The molecule has 0 radical (unpaired) electrons. The number of carbonyl (C=O) groups is 2. The Morgan fingerprint density at radius 3 is 2.54 bits per heavy atom. The summed E-state index contributed by atoms with van der Waals surface area (Å²) in [5, 5.41) is 12.2. The first-order chi connectivity index (χ1) is 16.9. The molecule has 3 fully saturated rings. The first-order valence-corrected chi connectivity index (χ1v) is 11.6. The lowest BCUT2D eigenvalue weighted by molar-refractivity contribution is 0.0640. The summed E-state index contributed by atoms with van der Waals surface area (Å²) >= 11 is 0. The summed E-state index contributed by atoms with van der Waals surface area (Å²) < 4.78 is 32.0. The number of benzene rings is 2. The molecule has 5 rings (SSSR count). The number of nitrogens with one attached hydrogen (secondary N) is 1. The third-order valence-electron chi connectivity index (χ3n) is 7.00. The maximum atomic E-state index is 13.7. The Morgan fingerprint density at radius 1 is 1.09 bits per heavy atom. The third-order valence-corrected chi connectivity index (χ3v) is 7.00. The van der Waals surface area contributed by atoms with Crippen molar-refractivity contribution in [2.24, 2.45) is 0 Å². The first-order valence-electron chi connectivity index (χ1n) is 11.6. The predicted octanol–water partition coefficient (Wildman–Crippen LogP) is 3.39. The molecule has 3 aliphatic heterocycles. The molecule has 0 bridgehead atoms. The number of para-hydroxylation sites is 1. The topological polar surface area (TPSA) is 88.9 Å². The zero-order valence-corrected chi connectivity index (χ0v) is 19.0. The van der Waals surface area contributed by atoms with E-state index in [1.54, 1.807) is 0 Å². The van der Waals surface area contributed by atoms with Crippen molar-refractivity contribution in [2.75, 3.05) is 37.7 Å². The fraction of sp³-hybridized carbons (Fsp3) is 0.400. The Balaban J connectivity index is 1.13. The first kappa shape index (κ1) is 23.1. The maximum absolute atomic E-state index is 13.7. The highest BCUT2D eigenvalue weighted by Gasteiger charge is 2.42. The normalized spacial score (nSPS) is 21.4. The van der Waals surface area contributed by atoms with Gasteiger partial charge < -0.3 is 15.0 Å². The highest BCUT2D eigenvalue weighted by Crippen LogP contribution is 2.30. The highest BCUT2D eigenvalue weighted by molar-refractivity contribution is 5.93. The zero-order valence-electron chi connectivity index (χ0n) is 19.0. The average molecular weight is 482 g/mol.